The summed E-state index contributed by atoms with van der Waals surface area (Å²) in [5, 5.41) is 3.09. The first kappa shape index (κ1) is 20.9. The molecule has 3 aromatic rings. The third-order valence-electron chi connectivity index (χ3n) is 6.08. The number of rotatable bonds is 5. The number of imidazole rings is 1. The van der Waals surface area contributed by atoms with Crippen molar-refractivity contribution in [2.75, 3.05) is 19.7 Å². The third-order valence-corrected chi connectivity index (χ3v) is 6.08. The lowest BCUT2D eigenvalue weighted by Crippen LogP contribution is -2.47. The summed E-state index contributed by atoms with van der Waals surface area (Å²) >= 11 is 0. The Hall–Kier alpha value is -3.35. The highest BCUT2D eigenvalue weighted by Crippen LogP contribution is 2.26. The molecule has 31 heavy (non-hydrogen) atoms. The van der Waals surface area contributed by atoms with Gasteiger partial charge in [-0.05, 0) is 68.5 Å². The molecule has 2 heterocycles. The van der Waals surface area contributed by atoms with Gasteiger partial charge in [-0.15, -0.1) is 0 Å². The predicted molar refractivity (Wildman–Crippen MR) is 119 cm³/mol. The first-order valence-corrected chi connectivity index (χ1v) is 10.6. The van der Waals surface area contributed by atoms with E-state index in [1.54, 1.807) is 12.4 Å². The Morgan fingerprint density at radius 2 is 1.87 bits per heavy atom. The summed E-state index contributed by atoms with van der Waals surface area (Å²) in [6.45, 7) is 7.30. The fourth-order valence-electron chi connectivity index (χ4n) is 3.99. The van der Waals surface area contributed by atoms with E-state index in [4.69, 9.17) is 4.74 Å². The predicted octanol–water partition coefficient (Wildman–Crippen LogP) is 3.29. The van der Waals surface area contributed by atoms with Crippen molar-refractivity contribution in [2.45, 2.75) is 39.7 Å². The van der Waals surface area contributed by atoms with E-state index in [-0.39, 0.29) is 24.5 Å². The molecule has 1 aromatic heterocycles. The quantitative estimate of drug-likeness (QED) is 0.663. The van der Waals surface area contributed by atoms with Gasteiger partial charge in [0.15, 0.2) is 6.61 Å². The number of hydrogen-bond donors (Lipinski definition) is 2. The average molecular weight is 421 g/mol. The second-order valence-electron chi connectivity index (χ2n) is 8.21. The molecule has 1 aliphatic heterocycles. The van der Waals surface area contributed by atoms with Crippen molar-refractivity contribution >= 4 is 22.8 Å². The van der Waals surface area contributed by atoms with Crippen LogP contribution in [-0.4, -0.2) is 52.4 Å². The second-order valence-corrected chi connectivity index (χ2v) is 8.21. The van der Waals surface area contributed by atoms with Gasteiger partial charge in [-0.25, -0.2) is 4.98 Å². The summed E-state index contributed by atoms with van der Waals surface area (Å²) < 4.78 is 5.87. The average Bonchev–Trinajstić information content (AvgIpc) is 3.24. The number of amides is 2. The molecule has 1 fully saturated rings. The van der Waals surface area contributed by atoms with Gasteiger partial charge < -0.3 is 19.9 Å². The van der Waals surface area contributed by atoms with Crippen LogP contribution in [0.3, 0.4) is 0 Å². The van der Waals surface area contributed by atoms with Crippen molar-refractivity contribution < 1.29 is 14.3 Å². The molecule has 0 unspecified atom stereocenters. The lowest BCUT2D eigenvalue weighted by Gasteiger charge is -2.32. The maximum atomic E-state index is 12.6. The summed E-state index contributed by atoms with van der Waals surface area (Å²) in [6.07, 6.45) is 3.07. The van der Waals surface area contributed by atoms with Crippen LogP contribution in [0.2, 0.25) is 0 Å². The van der Waals surface area contributed by atoms with Crippen molar-refractivity contribution in [3.05, 3.63) is 58.9 Å². The van der Waals surface area contributed by atoms with Gasteiger partial charge >= 0.3 is 0 Å². The van der Waals surface area contributed by atoms with Gasteiger partial charge in [-0.1, -0.05) is 12.1 Å². The molecular weight excluding hydrogens is 392 g/mol. The highest BCUT2D eigenvalue weighted by molar-refractivity contribution is 5.97. The van der Waals surface area contributed by atoms with Crippen LogP contribution in [0.15, 0.2) is 36.7 Å². The molecule has 0 atom stereocenters. The highest BCUT2D eigenvalue weighted by Gasteiger charge is 2.25. The Kier molecular flexibility index (Phi) is 5.93. The van der Waals surface area contributed by atoms with Crippen LogP contribution in [0.5, 0.6) is 5.75 Å². The van der Waals surface area contributed by atoms with Gasteiger partial charge in [-0.2, -0.15) is 0 Å². The zero-order valence-electron chi connectivity index (χ0n) is 18.2. The molecule has 7 heteroatoms. The Morgan fingerprint density at radius 3 is 2.65 bits per heavy atom. The summed E-state index contributed by atoms with van der Waals surface area (Å²) in [4.78, 5) is 34.2. The molecule has 4 rings (SSSR count). The molecule has 0 spiro atoms. The van der Waals surface area contributed by atoms with Crippen LogP contribution in [0, 0.1) is 20.8 Å². The number of piperidine rings is 1. The molecule has 2 aromatic carbocycles. The number of nitrogens with one attached hydrogen (secondary N) is 2. The number of hydrogen-bond acceptors (Lipinski definition) is 4. The molecule has 0 aliphatic carbocycles. The largest absolute Gasteiger partial charge is 0.483 e. The Bertz CT molecular complexity index is 1110. The van der Waals surface area contributed by atoms with E-state index in [1.807, 2.05) is 43.9 Å². The summed E-state index contributed by atoms with van der Waals surface area (Å²) in [6, 6.07) is 9.55. The minimum atomic E-state index is -0.102. The van der Waals surface area contributed by atoms with E-state index < -0.39 is 0 Å². The molecular formula is C24H28N4O3. The van der Waals surface area contributed by atoms with Gasteiger partial charge in [0.05, 0.1) is 17.4 Å². The summed E-state index contributed by atoms with van der Waals surface area (Å²) in [5.74, 6) is 0.675. The monoisotopic (exact) mass is 420 g/mol. The molecule has 0 radical (unpaired) electrons. The number of H-pyrrole nitrogens is 1. The van der Waals surface area contributed by atoms with Crippen molar-refractivity contribution in [1.82, 2.24) is 20.2 Å². The molecule has 0 bridgehead atoms. The van der Waals surface area contributed by atoms with E-state index in [1.165, 1.54) is 0 Å². The van der Waals surface area contributed by atoms with Crippen molar-refractivity contribution in [2.24, 2.45) is 0 Å². The normalized spacial score (nSPS) is 14.6. The second kappa shape index (κ2) is 8.79. The maximum absolute atomic E-state index is 12.6. The van der Waals surface area contributed by atoms with Gasteiger partial charge in [0.25, 0.3) is 11.8 Å². The smallest absolute Gasteiger partial charge is 0.260 e. The fraction of sp³-hybridized carbons (Fsp3) is 0.375. The van der Waals surface area contributed by atoms with E-state index in [2.05, 4.69) is 21.4 Å². The number of aryl methyl sites for hydroxylation is 2. The van der Waals surface area contributed by atoms with Crippen LogP contribution in [0.25, 0.3) is 11.0 Å². The zero-order valence-corrected chi connectivity index (χ0v) is 18.2. The van der Waals surface area contributed by atoms with Crippen LogP contribution in [-0.2, 0) is 4.79 Å². The Balaban J connectivity index is 1.27. The molecule has 7 nitrogen and oxygen atoms in total. The van der Waals surface area contributed by atoms with Crippen molar-refractivity contribution in [3.63, 3.8) is 0 Å². The number of nitrogens with zero attached hydrogens (tertiary/aromatic N) is 2. The van der Waals surface area contributed by atoms with Gasteiger partial charge in [0, 0.05) is 24.7 Å². The van der Waals surface area contributed by atoms with E-state index in [0.29, 0.717) is 18.7 Å². The van der Waals surface area contributed by atoms with Crippen LogP contribution in [0.4, 0.5) is 0 Å². The number of ether oxygens (including phenoxy) is 1. The van der Waals surface area contributed by atoms with E-state index in [0.717, 1.165) is 46.3 Å². The van der Waals surface area contributed by atoms with E-state index >= 15 is 0 Å². The first-order valence-electron chi connectivity index (χ1n) is 10.6. The van der Waals surface area contributed by atoms with Crippen molar-refractivity contribution in [1.29, 1.82) is 0 Å². The van der Waals surface area contributed by atoms with Crippen molar-refractivity contribution in [3.8, 4) is 5.75 Å². The molecule has 2 amide bonds. The number of carbonyl (C=O) groups excluding carboxylic acids is 2. The van der Waals surface area contributed by atoms with Crippen LogP contribution >= 0.6 is 0 Å². The van der Waals surface area contributed by atoms with Crippen LogP contribution < -0.4 is 10.1 Å². The molecule has 1 aliphatic rings. The SMILES string of the molecule is Cc1ccc(C)c(OCC(=O)N2CCC(NC(=O)c3ccc4nc[nH]c4c3)CC2)c1C. The Morgan fingerprint density at radius 1 is 1.13 bits per heavy atom. The zero-order chi connectivity index (χ0) is 22.0. The summed E-state index contributed by atoms with van der Waals surface area (Å²) in [5.41, 5.74) is 5.53. The highest BCUT2D eigenvalue weighted by atomic mass is 16.5. The van der Waals surface area contributed by atoms with Crippen LogP contribution in [0.1, 0.15) is 39.9 Å². The number of fused-ring (bicyclic) bond motifs is 1. The molecule has 1 saturated heterocycles. The number of carbonyl (C=O) groups is 2. The molecule has 2 N–H and O–H groups in total. The standard InChI is InChI=1S/C24H28N4O3/c1-15-4-5-16(2)23(17(15)3)31-13-22(29)28-10-8-19(9-11-28)27-24(30)18-6-7-20-21(12-18)26-14-25-20/h4-7,12,14,19H,8-11,13H2,1-3H3,(H,25,26)(H,27,30). The first-order chi connectivity index (χ1) is 14.9. The minimum absolute atomic E-state index is 0.0187. The topological polar surface area (TPSA) is 87.3 Å². The minimum Gasteiger partial charge on any atom is -0.483 e. The third kappa shape index (κ3) is 4.55. The molecule has 162 valence electrons. The fourth-order valence-corrected chi connectivity index (χ4v) is 3.99. The Labute approximate surface area is 181 Å². The van der Waals surface area contributed by atoms with Gasteiger partial charge in [0.2, 0.25) is 0 Å². The number of aromatic nitrogens is 2. The van der Waals surface area contributed by atoms with E-state index in [9.17, 15) is 9.59 Å². The van der Waals surface area contributed by atoms with Gasteiger partial charge in [-0.3, -0.25) is 9.59 Å². The molecule has 0 saturated carbocycles. The number of likely N-dealkylation sites (tertiary alicyclic amines) is 1. The van der Waals surface area contributed by atoms with Gasteiger partial charge in [0.1, 0.15) is 5.75 Å². The number of benzene rings is 2. The number of aromatic amines is 1. The summed E-state index contributed by atoms with van der Waals surface area (Å²) in [7, 11) is 0. The lowest BCUT2D eigenvalue weighted by atomic mass is 10.0. The lowest BCUT2D eigenvalue weighted by molar-refractivity contribution is -0.134. The maximum Gasteiger partial charge on any atom is 0.260 e.